The van der Waals surface area contributed by atoms with E-state index in [0.29, 0.717) is 15.4 Å². The van der Waals surface area contributed by atoms with Gasteiger partial charge in [-0.1, -0.05) is 30.3 Å². The summed E-state index contributed by atoms with van der Waals surface area (Å²) in [7, 11) is 0. The zero-order valence-corrected chi connectivity index (χ0v) is 15.7. The second-order valence-electron chi connectivity index (χ2n) is 5.56. The van der Waals surface area contributed by atoms with Crippen LogP contribution in [0.4, 0.5) is 0 Å². The highest BCUT2D eigenvalue weighted by Gasteiger charge is 2.17. The minimum absolute atomic E-state index is 0.319. The van der Waals surface area contributed by atoms with E-state index in [1.807, 2.05) is 50.2 Å². The van der Waals surface area contributed by atoms with Gasteiger partial charge in [-0.3, -0.25) is 20.4 Å². The number of benzene rings is 1. The number of hydrazine groups is 1. The van der Waals surface area contributed by atoms with Crippen molar-refractivity contribution in [2.24, 2.45) is 0 Å². The summed E-state index contributed by atoms with van der Waals surface area (Å²) in [6.45, 7) is 5.69. The van der Waals surface area contributed by atoms with Crippen LogP contribution in [0.1, 0.15) is 35.5 Å². The number of aromatic nitrogens is 1. The summed E-state index contributed by atoms with van der Waals surface area (Å²) in [4.78, 5) is 31.1. The van der Waals surface area contributed by atoms with Crippen LogP contribution in [-0.4, -0.2) is 16.8 Å². The molecule has 0 atom stereocenters. The van der Waals surface area contributed by atoms with Gasteiger partial charge in [-0.05, 0) is 32.4 Å². The molecule has 3 aromatic rings. The average Bonchev–Trinajstić information content (AvgIpc) is 3.16. The molecule has 0 saturated heterocycles. The Bertz CT molecular complexity index is 910. The number of nitrogens with zero attached hydrogens (tertiary/aromatic N) is 1. The zero-order valence-electron chi connectivity index (χ0n) is 14.0. The van der Waals surface area contributed by atoms with Crippen molar-refractivity contribution in [3.8, 4) is 10.6 Å². The number of thiophene rings is 1. The topological polar surface area (TPSA) is 71.1 Å². The molecule has 2 N–H and O–H groups in total. The summed E-state index contributed by atoms with van der Waals surface area (Å²) in [5.41, 5.74) is 7.60. The maximum atomic E-state index is 12.4. The lowest BCUT2D eigenvalue weighted by Gasteiger charge is -2.04. The van der Waals surface area contributed by atoms with Gasteiger partial charge in [0.05, 0.1) is 10.6 Å². The first-order valence-electron chi connectivity index (χ1n) is 7.66. The molecule has 0 radical (unpaired) electrons. The lowest BCUT2D eigenvalue weighted by molar-refractivity contribution is 0.0850. The van der Waals surface area contributed by atoms with Gasteiger partial charge in [0.2, 0.25) is 0 Å². The van der Waals surface area contributed by atoms with Gasteiger partial charge >= 0.3 is 0 Å². The first kappa shape index (κ1) is 17.3. The van der Waals surface area contributed by atoms with E-state index in [1.165, 1.54) is 22.7 Å². The van der Waals surface area contributed by atoms with Crippen LogP contribution in [0, 0.1) is 20.8 Å². The van der Waals surface area contributed by atoms with Crippen LogP contribution in [0.5, 0.6) is 0 Å². The Morgan fingerprint density at radius 1 is 0.960 bits per heavy atom. The van der Waals surface area contributed by atoms with E-state index in [0.717, 1.165) is 21.0 Å². The lowest BCUT2D eigenvalue weighted by Crippen LogP contribution is -2.41. The highest BCUT2D eigenvalue weighted by molar-refractivity contribution is 7.17. The monoisotopic (exact) mass is 371 g/mol. The summed E-state index contributed by atoms with van der Waals surface area (Å²) in [5.74, 6) is -0.685. The predicted molar refractivity (Wildman–Crippen MR) is 101 cm³/mol. The second kappa shape index (κ2) is 7.16. The molecule has 2 amide bonds. The molecule has 0 aliphatic heterocycles. The van der Waals surface area contributed by atoms with Crippen molar-refractivity contribution in [2.45, 2.75) is 20.8 Å². The summed E-state index contributed by atoms with van der Waals surface area (Å²) in [5, 5.41) is 0.777. The molecule has 1 aromatic carbocycles. The van der Waals surface area contributed by atoms with Crippen molar-refractivity contribution in [1.29, 1.82) is 0 Å². The smallest absolute Gasteiger partial charge is 0.266 e. The van der Waals surface area contributed by atoms with Gasteiger partial charge in [0.15, 0.2) is 0 Å². The van der Waals surface area contributed by atoms with Crippen LogP contribution in [0.3, 0.4) is 0 Å². The average molecular weight is 371 g/mol. The second-order valence-corrected chi connectivity index (χ2v) is 7.81. The minimum atomic E-state index is -0.365. The summed E-state index contributed by atoms with van der Waals surface area (Å²) < 4.78 is 0. The third kappa shape index (κ3) is 3.78. The van der Waals surface area contributed by atoms with Crippen LogP contribution in [0.2, 0.25) is 0 Å². The molecule has 2 aromatic heterocycles. The molecular formula is C18H17N3O2S2. The van der Waals surface area contributed by atoms with Crippen LogP contribution < -0.4 is 10.9 Å². The Balaban J connectivity index is 1.69. The number of thiazole rings is 1. The Hall–Kier alpha value is -2.51. The first-order valence-corrected chi connectivity index (χ1v) is 9.29. The van der Waals surface area contributed by atoms with Crippen LogP contribution in [0.15, 0.2) is 36.4 Å². The van der Waals surface area contributed by atoms with Gasteiger partial charge in [0, 0.05) is 10.4 Å². The van der Waals surface area contributed by atoms with Crippen molar-refractivity contribution >= 4 is 34.5 Å². The van der Waals surface area contributed by atoms with E-state index in [-0.39, 0.29) is 11.8 Å². The van der Waals surface area contributed by atoms with E-state index in [1.54, 1.807) is 6.92 Å². The van der Waals surface area contributed by atoms with E-state index >= 15 is 0 Å². The van der Waals surface area contributed by atoms with Crippen molar-refractivity contribution in [1.82, 2.24) is 15.8 Å². The van der Waals surface area contributed by atoms with Gasteiger partial charge in [0.25, 0.3) is 11.8 Å². The molecule has 2 heterocycles. The molecule has 0 fully saturated rings. The zero-order chi connectivity index (χ0) is 18.0. The minimum Gasteiger partial charge on any atom is -0.266 e. The molecule has 0 aliphatic carbocycles. The molecule has 5 nitrogen and oxygen atoms in total. The van der Waals surface area contributed by atoms with E-state index < -0.39 is 0 Å². The molecule has 0 spiro atoms. The first-order chi connectivity index (χ1) is 12.0. The SMILES string of the molecule is Cc1cc(C(=O)NNC(=O)c2sc(-c3ccccc3)nc2C)sc1C. The van der Waals surface area contributed by atoms with Crippen LogP contribution in [-0.2, 0) is 0 Å². The molecule has 3 rings (SSSR count). The van der Waals surface area contributed by atoms with Crippen molar-refractivity contribution in [3.63, 3.8) is 0 Å². The van der Waals surface area contributed by atoms with Gasteiger partial charge in [-0.15, -0.1) is 22.7 Å². The Morgan fingerprint density at radius 2 is 1.64 bits per heavy atom. The van der Waals surface area contributed by atoms with Gasteiger partial charge in [0.1, 0.15) is 9.88 Å². The fourth-order valence-corrected chi connectivity index (χ4v) is 4.12. The van der Waals surface area contributed by atoms with Crippen molar-refractivity contribution < 1.29 is 9.59 Å². The Morgan fingerprint density at radius 3 is 2.28 bits per heavy atom. The molecule has 7 heteroatoms. The molecule has 0 unspecified atom stereocenters. The molecular weight excluding hydrogens is 354 g/mol. The fraction of sp³-hybridized carbons (Fsp3) is 0.167. The highest BCUT2D eigenvalue weighted by Crippen LogP contribution is 2.27. The Kier molecular flexibility index (Phi) is 4.96. The van der Waals surface area contributed by atoms with E-state index in [9.17, 15) is 9.59 Å². The number of aryl methyl sites for hydroxylation is 3. The third-order valence-corrected chi connectivity index (χ3v) is 6.06. The number of nitrogens with one attached hydrogen (secondary N) is 2. The maximum Gasteiger partial charge on any atom is 0.281 e. The number of rotatable bonds is 3. The molecule has 0 bridgehead atoms. The van der Waals surface area contributed by atoms with E-state index in [4.69, 9.17) is 0 Å². The van der Waals surface area contributed by atoms with Gasteiger partial charge < -0.3 is 0 Å². The van der Waals surface area contributed by atoms with Crippen molar-refractivity contribution in [3.05, 3.63) is 62.3 Å². The number of carbonyl (C=O) groups excluding carboxylic acids is 2. The number of carbonyl (C=O) groups is 2. The van der Waals surface area contributed by atoms with Crippen LogP contribution in [0.25, 0.3) is 10.6 Å². The number of hydrogen-bond acceptors (Lipinski definition) is 5. The standard InChI is InChI=1S/C18H17N3O2S2/c1-10-9-14(24-12(10)3)16(22)20-21-17(23)15-11(2)19-18(25-15)13-7-5-4-6-8-13/h4-9H,1-3H3,(H,20,22)(H,21,23). The molecule has 0 aliphatic rings. The molecule has 25 heavy (non-hydrogen) atoms. The van der Waals surface area contributed by atoms with Gasteiger partial charge in [-0.2, -0.15) is 0 Å². The summed E-state index contributed by atoms with van der Waals surface area (Å²) in [6.07, 6.45) is 0. The van der Waals surface area contributed by atoms with Crippen molar-refractivity contribution in [2.75, 3.05) is 0 Å². The van der Waals surface area contributed by atoms with Crippen LogP contribution >= 0.6 is 22.7 Å². The molecule has 128 valence electrons. The normalized spacial score (nSPS) is 10.5. The highest BCUT2D eigenvalue weighted by atomic mass is 32.1. The fourth-order valence-electron chi connectivity index (χ4n) is 2.23. The van der Waals surface area contributed by atoms with Gasteiger partial charge in [-0.25, -0.2) is 4.98 Å². The third-order valence-electron chi connectivity index (χ3n) is 3.70. The summed E-state index contributed by atoms with van der Waals surface area (Å²) in [6, 6.07) is 11.5. The lowest BCUT2D eigenvalue weighted by atomic mass is 10.2. The maximum absolute atomic E-state index is 12.4. The number of amides is 2. The predicted octanol–water partition coefficient (Wildman–Crippen LogP) is 3.87. The molecule has 0 saturated carbocycles. The van der Waals surface area contributed by atoms with E-state index in [2.05, 4.69) is 15.8 Å². The quantitative estimate of drug-likeness (QED) is 0.687. The summed E-state index contributed by atoms with van der Waals surface area (Å²) >= 11 is 2.70. The largest absolute Gasteiger partial charge is 0.281 e. The Labute approximate surface area is 153 Å². The number of hydrogen-bond donors (Lipinski definition) is 2.